The molecule has 13 heavy (non-hydrogen) atoms. The van der Waals surface area contributed by atoms with E-state index in [1.807, 2.05) is 37.3 Å². The van der Waals surface area contributed by atoms with Gasteiger partial charge in [0.05, 0.1) is 0 Å². The molecule has 0 spiro atoms. The first-order valence-corrected chi connectivity index (χ1v) is 4.31. The van der Waals surface area contributed by atoms with Crippen molar-refractivity contribution in [2.75, 3.05) is 0 Å². The monoisotopic (exact) mass is 173 g/mol. The van der Waals surface area contributed by atoms with E-state index in [2.05, 4.69) is 5.32 Å². The zero-order chi connectivity index (χ0) is 9.26. The molecular weight excluding hydrogens is 162 g/mol. The molecule has 0 saturated heterocycles. The predicted molar refractivity (Wildman–Crippen MR) is 51.1 cm³/mol. The summed E-state index contributed by atoms with van der Waals surface area (Å²) in [5.41, 5.74) is 1.83. The van der Waals surface area contributed by atoms with Crippen molar-refractivity contribution in [1.29, 1.82) is 0 Å². The summed E-state index contributed by atoms with van der Waals surface area (Å²) in [6.07, 6.45) is 1.78. The van der Waals surface area contributed by atoms with E-state index in [1.54, 1.807) is 6.20 Å². The molecule has 0 aromatic heterocycles. The van der Waals surface area contributed by atoms with Crippen LogP contribution in [0, 0.1) is 0 Å². The van der Waals surface area contributed by atoms with E-state index in [4.69, 9.17) is 0 Å². The third kappa shape index (κ3) is 1.35. The highest BCUT2D eigenvalue weighted by Gasteiger charge is 2.24. The second-order valence-corrected chi connectivity index (χ2v) is 3.20. The number of hydrogen-bond acceptors (Lipinski definition) is 2. The maximum Gasteiger partial charge on any atom is 0.186 e. The molecule has 66 valence electrons. The molecule has 1 aromatic carbocycles. The Morgan fingerprint density at radius 1 is 1.23 bits per heavy atom. The molecule has 1 N–H and O–H groups in total. The van der Waals surface area contributed by atoms with Gasteiger partial charge in [0.15, 0.2) is 5.78 Å². The van der Waals surface area contributed by atoms with Crippen LogP contribution in [0.15, 0.2) is 42.1 Å². The van der Waals surface area contributed by atoms with Crippen molar-refractivity contribution in [2.24, 2.45) is 0 Å². The van der Waals surface area contributed by atoms with Crippen LogP contribution < -0.4 is 5.32 Å². The molecule has 1 aromatic rings. The normalized spacial score (nSPS) is 21.2. The predicted octanol–water partition coefficient (Wildman–Crippen LogP) is 1.80. The fourth-order valence-corrected chi connectivity index (χ4v) is 1.48. The number of carbonyl (C=O) groups is 1. The second-order valence-electron chi connectivity index (χ2n) is 3.20. The quantitative estimate of drug-likeness (QED) is 0.701. The average molecular weight is 173 g/mol. The zero-order valence-electron chi connectivity index (χ0n) is 7.45. The summed E-state index contributed by atoms with van der Waals surface area (Å²) in [7, 11) is 0. The number of rotatable bonds is 1. The first-order valence-electron chi connectivity index (χ1n) is 4.31. The largest absolute Gasteiger partial charge is 0.377 e. The summed E-state index contributed by atoms with van der Waals surface area (Å²) < 4.78 is 0. The molecular formula is C11H11NO. The standard InChI is InChI=1S/C11H11NO/c1-8-7-12-10(11(8)13)9-5-3-2-4-6-9/h2-7,10,12H,1H3. The Morgan fingerprint density at radius 2 is 1.92 bits per heavy atom. The van der Waals surface area contributed by atoms with Gasteiger partial charge in [0.25, 0.3) is 0 Å². The molecule has 2 nitrogen and oxygen atoms in total. The third-order valence-corrected chi connectivity index (χ3v) is 2.25. The summed E-state index contributed by atoms with van der Waals surface area (Å²) in [5, 5.41) is 3.06. The fraction of sp³-hybridized carbons (Fsp3) is 0.182. The van der Waals surface area contributed by atoms with E-state index < -0.39 is 0 Å². The summed E-state index contributed by atoms with van der Waals surface area (Å²) in [6.45, 7) is 1.83. The molecule has 2 heteroatoms. The van der Waals surface area contributed by atoms with Crippen molar-refractivity contribution >= 4 is 5.78 Å². The Kier molecular flexibility index (Phi) is 1.89. The van der Waals surface area contributed by atoms with E-state index in [9.17, 15) is 4.79 Å². The summed E-state index contributed by atoms with van der Waals surface area (Å²) in [6, 6.07) is 9.59. The van der Waals surface area contributed by atoms with Gasteiger partial charge < -0.3 is 5.32 Å². The van der Waals surface area contributed by atoms with Crippen molar-refractivity contribution in [3.63, 3.8) is 0 Å². The number of carbonyl (C=O) groups excluding carboxylic acids is 1. The number of benzene rings is 1. The van der Waals surface area contributed by atoms with Crippen LogP contribution in [0.2, 0.25) is 0 Å². The van der Waals surface area contributed by atoms with Crippen LogP contribution in [0.4, 0.5) is 0 Å². The topological polar surface area (TPSA) is 29.1 Å². The van der Waals surface area contributed by atoms with Crippen molar-refractivity contribution in [3.05, 3.63) is 47.7 Å². The van der Waals surface area contributed by atoms with Gasteiger partial charge >= 0.3 is 0 Å². The lowest BCUT2D eigenvalue weighted by molar-refractivity contribution is -0.116. The van der Waals surface area contributed by atoms with E-state index >= 15 is 0 Å². The van der Waals surface area contributed by atoms with Crippen LogP contribution in [-0.2, 0) is 4.79 Å². The van der Waals surface area contributed by atoms with Gasteiger partial charge in [0.1, 0.15) is 6.04 Å². The van der Waals surface area contributed by atoms with Gasteiger partial charge in [0, 0.05) is 11.8 Å². The molecule has 1 atom stereocenters. The smallest absolute Gasteiger partial charge is 0.186 e. The molecule has 1 heterocycles. The lowest BCUT2D eigenvalue weighted by Gasteiger charge is -2.09. The van der Waals surface area contributed by atoms with Crippen molar-refractivity contribution in [1.82, 2.24) is 5.32 Å². The Morgan fingerprint density at radius 3 is 2.46 bits per heavy atom. The fourth-order valence-electron chi connectivity index (χ4n) is 1.48. The first kappa shape index (κ1) is 8.05. The maximum absolute atomic E-state index is 11.6. The summed E-state index contributed by atoms with van der Waals surface area (Å²) in [5.74, 6) is 0.172. The molecule has 0 saturated carbocycles. The lowest BCUT2D eigenvalue weighted by Crippen LogP contribution is -2.17. The Bertz CT molecular complexity index is 354. The maximum atomic E-state index is 11.6. The number of nitrogens with one attached hydrogen (secondary N) is 1. The first-order chi connectivity index (χ1) is 6.29. The van der Waals surface area contributed by atoms with E-state index in [0.29, 0.717) is 0 Å². The number of ketones is 1. The van der Waals surface area contributed by atoms with E-state index in [0.717, 1.165) is 11.1 Å². The molecule has 1 aliphatic rings. The van der Waals surface area contributed by atoms with Gasteiger partial charge in [-0.1, -0.05) is 30.3 Å². The zero-order valence-corrected chi connectivity index (χ0v) is 7.45. The summed E-state index contributed by atoms with van der Waals surface area (Å²) >= 11 is 0. The Labute approximate surface area is 77.3 Å². The second kappa shape index (κ2) is 3.05. The molecule has 2 rings (SSSR count). The lowest BCUT2D eigenvalue weighted by atomic mass is 10.0. The molecule has 1 aliphatic heterocycles. The summed E-state index contributed by atoms with van der Waals surface area (Å²) in [4.78, 5) is 11.6. The number of hydrogen-bond donors (Lipinski definition) is 1. The molecule has 1 unspecified atom stereocenters. The van der Waals surface area contributed by atoms with E-state index in [-0.39, 0.29) is 11.8 Å². The van der Waals surface area contributed by atoms with Crippen LogP contribution in [-0.4, -0.2) is 5.78 Å². The number of Topliss-reactive ketones (excluding diaryl/α,β-unsaturated/α-hetero) is 1. The van der Waals surface area contributed by atoms with Gasteiger partial charge in [-0.05, 0) is 12.5 Å². The van der Waals surface area contributed by atoms with Crippen molar-refractivity contribution in [3.8, 4) is 0 Å². The molecule has 0 radical (unpaired) electrons. The molecule has 0 bridgehead atoms. The highest BCUT2D eigenvalue weighted by molar-refractivity contribution is 6.01. The van der Waals surface area contributed by atoms with E-state index in [1.165, 1.54) is 0 Å². The van der Waals surface area contributed by atoms with Crippen molar-refractivity contribution in [2.45, 2.75) is 13.0 Å². The van der Waals surface area contributed by atoms with Crippen molar-refractivity contribution < 1.29 is 4.79 Å². The van der Waals surface area contributed by atoms with Crippen LogP contribution in [0.5, 0.6) is 0 Å². The molecule has 0 amide bonds. The SMILES string of the molecule is CC1=CNC(c2ccccc2)C1=O. The van der Waals surface area contributed by atoms with Crippen LogP contribution in [0.1, 0.15) is 18.5 Å². The minimum atomic E-state index is -0.166. The van der Waals surface area contributed by atoms with Gasteiger partial charge in [-0.3, -0.25) is 4.79 Å². The van der Waals surface area contributed by atoms with Gasteiger partial charge in [-0.2, -0.15) is 0 Å². The highest BCUT2D eigenvalue weighted by atomic mass is 16.1. The Balaban J connectivity index is 2.27. The van der Waals surface area contributed by atoms with Crippen LogP contribution in [0.25, 0.3) is 0 Å². The van der Waals surface area contributed by atoms with Gasteiger partial charge in [-0.25, -0.2) is 0 Å². The molecule has 0 fully saturated rings. The minimum Gasteiger partial charge on any atom is -0.377 e. The minimum absolute atomic E-state index is 0.166. The van der Waals surface area contributed by atoms with Gasteiger partial charge in [-0.15, -0.1) is 0 Å². The van der Waals surface area contributed by atoms with Crippen LogP contribution >= 0.6 is 0 Å². The Hall–Kier alpha value is -1.57. The third-order valence-electron chi connectivity index (χ3n) is 2.25. The molecule has 0 aliphatic carbocycles. The van der Waals surface area contributed by atoms with Gasteiger partial charge in [0.2, 0.25) is 0 Å². The van der Waals surface area contributed by atoms with Crippen LogP contribution in [0.3, 0.4) is 0 Å². The highest BCUT2D eigenvalue weighted by Crippen LogP contribution is 2.21. The average Bonchev–Trinajstić information content (AvgIpc) is 2.49.